The molecule has 1 fully saturated rings. The summed E-state index contributed by atoms with van der Waals surface area (Å²) in [5.41, 5.74) is 7.34. The maximum Gasteiger partial charge on any atom is 0.0548 e. The van der Waals surface area contributed by atoms with Crippen LogP contribution in [-0.2, 0) is 6.42 Å². The third-order valence-corrected chi connectivity index (χ3v) is 3.38. The highest BCUT2D eigenvalue weighted by Gasteiger charge is 2.17. The van der Waals surface area contributed by atoms with E-state index in [9.17, 15) is 0 Å². The molecule has 0 amide bonds. The van der Waals surface area contributed by atoms with Crippen LogP contribution in [-0.4, -0.2) is 12.2 Å². The zero-order valence-electron chi connectivity index (χ0n) is 9.86. The Morgan fingerprint density at radius 1 is 1.19 bits per heavy atom. The lowest BCUT2D eigenvalue weighted by Crippen LogP contribution is -2.47. The molecular formula is C14H22N2. The van der Waals surface area contributed by atoms with Gasteiger partial charge in [0.2, 0.25) is 0 Å². The summed E-state index contributed by atoms with van der Waals surface area (Å²) in [5.74, 6) is 0. The highest BCUT2D eigenvalue weighted by atomic mass is 15.1. The van der Waals surface area contributed by atoms with E-state index >= 15 is 0 Å². The van der Waals surface area contributed by atoms with Gasteiger partial charge >= 0.3 is 0 Å². The topological polar surface area (TPSA) is 38.0 Å². The Morgan fingerprint density at radius 2 is 2.00 bits per heavy atom. The van der Waals surface area contributed by atoms with E-state index in [1.165, 1.54) is 37.7 Å². The van der Waals surface area contributed by atoms with Gasteiger partial charge in [-0.1, -0.05) is 30.3 Å². The van der Waals surface area contributed by atoms with Crippen molar-refractivity contribution in [1.82, 2.24) is 5.32 Å². The SMILES string of the molecule is NC1CCCC(CCCc2ccccc2)N1. The van der Waals surface area contributed by atoms with Gasteiger partial charge in [0.05, 0.1) is 6.17 Å². The van der Waals surface area contributed by atoms with Gasteiger partial charge in [-0.2, -0.15) is 0 Å². The van der Waals surface area contributed by atoms with Crippen LogP contribution in [0.2, 0.25) is 0 Å². The quantitative estimate of drug-likeness (QED) is 0.814. The van der Waals surface area contributed by atoms with E-state index in [0.717, 1.165) is 6.42 Å². The molecule has 3 N–H and O–H groups in total. The van der Waals surface area contributed by atoms with Crippen LogP contribution in [0.5, 0.6) is 0 Å². The Kier molecular flexibility index (Phi) is 4.37. The standard InChI is InChI=1S/C14H22N2/c15-14-11-5-10-13(16-14)9-4-8-12-6-2-1-3-7-12/h1-3,6-7,13-14,16H,4-5,8-11,15H2. The second kappa shape index (κ2) is 6.02. The molecule has 2 atom stereocenters. The molecule has 16 heavy (non-hydrogen) atoms. The van der Waals surface area contributed by atoms with Gasteiger partial charge in [0.15, 0.2) is 0 Å². The van der Waals surface area contributed by atoms with Gasteiger partial charge in [0.1, 0.15) is 0 Å². The number of nitrogens with two attached hydrogens (primary N) is 1. The van der Waals surface area contributed by atoms with Crippen LogP contribution < -0.4 is 11.1 Å². The maximum atomic E-state index is 5.90. The van der Waals surface area contributed by atoms with E-state index in [4.69, 9.17) is 5.73 Å². The van der Waals surface area contributed by atoms with Crippen LogP contribution in [0.3, 0.4) is 0 Å². The van der Waals surface area contributed by atoms with Crippen molar-refractivity contribution in [3.05, 3.63) is 35.9 Å². The molecule has 0 spiro atoms. The van der Waals surface area contributed by atoms with Gasteiger partial charge < -0.3 is 5.73 Å². The van der Waals surface area contributed by atoms with Crippen LogP contribution in [0.25, 0.3) is 0 Å². The van der Waals surface area contributed by atoms with Crippen LogP contribution in [0.1, 0.15) is 37.7 Å². The van der Waals surface area contributed by atoms with Gasteiger partial charge in [0.25, 0.3) is 0 Å². The Balaban J connectivity index is 1.68. The lowest BCUT2D eigenvalue weighted by Gasteiger charge is -2.28. The van der Waals surface area contributed by atoms with Crippen molar-refractivity contribution in [1.29, 1.82) is 0 Å². The molecular weight excluding hydrogens is 196 g/mol. The first-order valence-corrected chi connectivity index (χ1v) is 6.40. The van der Waals surface area contributed by atoms with E-state index in [1.807, 2.05) is 0 Å². The number of hydrogen-bond donors (Lipinski definition) is 2. The van der Waals surface area contributed by atoms with Crippen molar-refractivity contribution in [2.45, 2.75) is 50.7 Å². The van der Waals surface area contributed by atoms with Gasteiger partial charge in [-0.05, 0) is 44.1 Å². The van der Waals surface area contributed by atoms with Gasteiger partial charge in [-0.25, -0.2) is 0 Å². The second-order valence-electron chi connectivity index (χ2n) is 4.78. The number of rotatable bonds is 4. The number of nitrogens with one attached hydrogen (secondary N) is 1. The first kappa shape index (κ1) is 11.6. The summed E-state index contributed by atoms with van der Waals surface area (Å²) in [6.45, 7) is 0. The molecule has 0 saturated carbocycles. The monoisotopic (exact) mass is 218 g/mol. The van der Waals surface area contributed by atoms with Crippen LogP contribution >= 0.6 is 0 Å². The molecule has 1 heterocycles. The Hall–Kier alpha value is -0.860. The van der Waals surface area contributed by atoms with E-state index in [-0.39, 0.29) is 6.17 Å². The highest BCUT2D eigenvalue weighted by Crippen LogP contribution is 2.15. The third-order valence-electron chi connectivity index (χ3n) is 3.38. The van der Waals surface area contributed by atoms with E-state index in [0.29, 0.717) is 6.04 Å². The molecule has 2 nitrogen and oxygen atoms in total. The number of benzene rings is 1. The Bertz CT molecular complexity index is 297. The molecule has 1 aliphatic rings. The molecule has 0 aliphatic carbocycles. The Labute approximate surface area is 98.2 Å². The van der Waals surface area contributed by atoms with Crippen LogP contribution in [0.15, 0.2) is 30.3 Å². The minimum atomic E-state index is 0.232. The number of hydrogen-bond acceptors (Lipinski definition) is 2. The fraction of sp³-hybridized carbons (Fsp3) is 0.571. The minimum absolute atomic E-state index is 0.232. The first-order valence-electron chi connectivity index (χ1n) is 6.40. The lowest BCUT2D eigenvalue weighted by molar-refractivity contribution is 0.309. The fourth-order valence-electron chi connectivity index (χ4n) is 2.48. The predicted octanol–water partition coefficient (Wildman–Crippen LogP) is 2.44. The average molecular weight is 218 g/mol. The molecule has 0 bridgehead atoms. The van der Waals surface area contributed by atoms with Crippen molar-refractivity contribution in [2.75, 3.05) is 0 Å². The van der Waals surface area contributed by atoms with Crippen molar-refractivity contribution in [3.63, 3.8) is 0 Å². The molecule has 88 valence electrons. The molecule has 1 saturated heterocycles. The normalized spacial score (nSPS) is 25.6. The van der Waals surface area contributed by atoms with E-state index in [1.54, 1.807) is 0 Å². The summed E-state index contributed by atoms with van der Waals surface area (Å²) in [5, 5.41) is 3.48. The van der Waals surface area contributed by atoms with E-state index < -0.39 is 0 Å². The summed E-state index contributed by atoms with van der Waals surface area (Å²) in [4.78, 5) is 0. The lowest BCUT2D eigenvalue weighted by atomic mass is 9.97. The largest absolute Gasteiger partial charge is 0.316 e. The van der Waals surface area contributed by atoms with Crippen molar-refractivity contribution in [3.8, 4) is 0 Å². The van der Waals surface area contributed by atoms with Crippen molar-refractivity contribution >= 4 is 0 Å². The predicted molar refractivity (Wildman–Crippen MR) is 68.1 cm³/mol. The molecule has 0 aromatic heterocycles. The van der Waals surface area contributed by atoms with Gasteiger partial charge in [0, 0.05) is 6.04 Å². The maximum absolute atomic E-state index is 5.90. The molecule has 2 rings (SSSR count). The highest BCUT2D eigenvalue weighted by molar-refractivity contribution is 5.14. The number of piperidine rings is 1. The van der Waals surface area contributed by atoms with Gasteiger partial charge in [-0.15, -0.1) is 0 Å². The first-order chi connectivity index (χ1) is 7.84. The molecule has 1 aliphatic heterocycles. The minimum Gasteiger partial charge on any atom is -0.316 e. The smallest absolute Gasteiger partial charge is 0.0548 e. The molecule has 1 aromatic carbocycles. The average Bonchev–Trinajstić information content (AvgIpc) is 2.30. The zero-order chi connectivity index (χ0) is 11.2. The zero-order valence-corrected chi connectivity index (χ0v) is 9.86. The Morgan fingerprint density at radius 3 is 2.75 bits per heavy atom. The molecule has 1 aromatic rings. The van der Waals surface area contributed by atoms with E-state index in [2.05, 4.69) is 35.6 Å². The summed E-state index contributed by atoms with van der Waals surface area (Å²) in [6, 6.07) is 11.4. The summed E-state index contributed by atoms with van der Waals surface area (Å²) in [7, 11) is 0. The van der Waals surface area contributed by atoms with Crippen LogP contribution in [0.4, 0.5) is 0 Å². The third kappa shape index (κ3) is 3.62. The second-order valence-corrected chi connectivity index (χ2v) is 4.78. The summed E-state index contributed by atoms with van der Waals surface area (Å²) in [6.07, 6.45) is 7.64. The fourth-order valence-corrected chi connectivity index (χ4v) is 2.48. The molecule has 2 heteroatoms. The molecule has 2 unspecified atom stereocenters. The van der Waals surface area contributed by atoms with Crippen molar-refractivity contribution < 1.29 is 0 Å². The molecule has 0 radical (unpaired) electrons. The number of aryl methyl sites for hydroxylation is 1. The van der Waals surface area contributed by atoms with Crippen molar-refractivity contribution in [2.24, 2.45) is 5.73 Å². The van der Waals surface area contributed by atoms with Crippen LogP contribution in [0, 0.1) is 0 Å². The summed E-state index contributed by atoms with van der Waals surface area (Å²) >= 11 is 0. The van der Waals surface area contributed by atoms with Gasteiger partial charge in [-0.3, -0.25) is 5.32 Å². The summed E-state index contributed by atoms with van der Waals surface area (Å²) < 4.78 is 0.